The van der Waals surface area contributed by atoms with E-state index in [4.69, 9.17) is 14.5 Å². The highest BCUT2D eigenvalue weighted by atomic mass is 16.5. The van der Waals surface area contributed by atoms with E-state index >= 15 is 0 Å². The van der Waals surface area contributed by atoms with E-state index < -0.39 is 0 Å². The van der Waals surface area contributed by atoms with E-state index in [1.165, 1.54) is 5.56 Å². The summed E-state index contributed by atoms with van der Waals surface area (Å²) in [5, 5.41) is 3.40. The Morgan fingerprint density at radius 1 is 1.19 bits per heavy atom. The van der Waals surface area contributed by atoms with Crippen LogP contribution in [0.3, 0.4) is 0 Å². The third-order valence-corrected chi connectivity index (χ3v) is 4.65. The average Bonchev–Trinajstić information content (AvgIpc) is 2.65. The number of likely N-dealkylation sites (tertiary alicyclic amines) is 1. The number of aliphatic imine (C=N–C) groups is 1. The van der Waals surface area contributed by atoms with Gasteiger partial charge in [0, 0.05) is 26.2 Å². The molecule has 26 heavy (non-hydrogen) atoms. The van der Waals surface area contributed by atoms with Crippen LogP contribution in [0.1, 0.15) is 52.0 Å². The second-order valence-electron chi connectivity index (χ2n) is 6.95. The quantitative estimate of drug-likeness (QED) is 0.436. The Balaban J connectivity index is 1.79. The molecule has 1 aromatic rings. The van der Waals surface area contributed by atoms with Gasteiger partial charge in [-0.15, -0.1) is 0 Å². The molecule has 5 heteroatoms. The standard InChI is InChI=1S/C21H35N3O2/c1-5-22-21(24-14-11-20(12-15-24)25-6-2)23-13-16-26-19-9-7-18(8-10-19)17(3)4/h7-10,17,20H,5-6,11-16H2,1-4H3,(H,22,23). The Labute approximate surface area is 158 Å². The zero-order chi connectivity index (χ0) is 18.8. The zero-order valence-corrected chi connectivity index (χ0v) is 16.8. The summed E-state index contributed by atoms with van der Waals surface area (Å²) in [4.78, 5) is 7.06. The van der Waals surface area contributed by atoms with Gasteiger partial charge >= 0.3 is 0 Å². The van der Waals surface area contributed by atoms with Crippen LogP contribution in [0.4, 0.5) is 0 Å². The largest absolute Gasteiger partial charge is 0.492 e. The van der Waals surface area contributed by atoms with Crippen molar-refractivity contribution in [3.05, 3.63) is 29.8 Å². The van der Waals surface area contributed by atoms with Gasteiger partial charge in [-0.3, -0.25) is 0 Å². The van der Waals surface area contributed by atoms with Crippen LogP contribution < -0.4 is 10.1 Å². The second-order valence-corrected chi connectivity index (χ2v) is 6.95. The summed E-state index contributed by atoms with van der Waals surface area (Å²) in [5.41, 5.74) is 1.33. The highest BCUT2D eigenvalue weighted by Crippen LogP contribution is 2.18. The third kappa shape index (κ3) is 6.52. The molecular weight excluding hydrogens is 326 g/mol. The van der Waals surface area contributed by atoms with Crippen molar-refractivity contribution in [2.24, 2.45) is 4.99 Å². The lowest BCUT2D eigenvalue weighted by Crippen LogP contribution is -2.47. The molecule has 1 heterocycles. The molecule has 0 atom stereocenters. The Bertz CT molecular complexity index is 535. The number of ether oxygens (including phenoxy) is 2. The highest BCUT2D eigenvalue weighted by molar-refractivity contribution is 5.80. The van der Waals surface area contributed by atoms with Gasteiger partial charge in [0.15, 0.2) is 5.96 Å². The summed E-state index contributed by atoms with van der Waals surface area (Å²) in [6.07, 6.45) is 2.53. The second kappa shape index (κ2) is 11.1. The van der Waals surface area contributed by atoms with Crippen molar-refractivity contribution in [2.75, 3.05) is 39.4 Å². The van der Waals surface area contributed by atoms with E-state index in [-0.39, 0.29) is 0 Å². The molecule has 0 radical (unpaired) electrons. The Hall–Kier alpha value is -1.75. The van der Waals surface area contributed by atoms with Gasteiger partial charge in [0.05, 0.1) is 12.6 Å². The first-order valence-corrected chi connectivity index (χ1v) is 10.0. The molecule has 146 valence electrons. The molecule has 1 N–H and O–H groups in total. The molecule has 0 bridgehead atoms. The number of hydrogen-bond acceptors (Lipinski definition) is 3. The number of hydrogen-bond donors (Lipinski definition) is 1. The van der Waals surface area contributed by atoms with E-state index in [2.05, 4.69) is 50.0 Å². The predicted octanol–water partition coefficient (Wildman–Crippen LogP) is 3.66. The maximum absolute atomic E-state index is 5.83. The molecule has 2 rings (SSSR count). The third-order valence-electron chi connectivity index (χ3n) is 4.65. The van der Waals surface area contributed by atoms with Crippen LogP contribution >= 0.6 is 0 Å². The predicted molar refractivity (Wildman–Crippen MR) is 108 cm³/mol. The van der Waals surface area contributed by atoms with Gasteiger partial charge in [0.1, 0.15) is 12.4 Å². The van der Waals surface area contributed by atoms with Crippen LogP contribution in [0.2, 0.25) is 0 Å². The molecule has 1 saturated heterocycles. The maximum atomic E-state index is 5.83. The topological polar surface area (TPSA) is 46.1 Å². The van der Waals surface area contributed by atoms with Crippen LogP contribution in [0.15, 0.2) is 29.3 Å². The maximum Gasteiger partial charge on any atom is 0.194 e. The normalized spacial score (nSPS) is 16.2. The van der Waals surface area contributed by atoms with Crippen LogP contribution in [-0.2, 0) is 4.74 Å². The van der Waals surface area contributed by atoms with Crippen molar-refractivity contribution < 1.29 is 9.47 Å². The van der Waals surface area contributed by atoms with Crippen molar-refractivity contribution in [3.8, 4) is 5.75 Å². The first kappa shape index (κ1) is 20.6. The SMILES string of the molecule is CCNC(=NCCOc1ccc(C(C)C)cc1)N1CCC(OCC)CC1. The number of guanidine groups is 1. The minimum Gasteiger partial charge on any atom is -0.492 e. The molecule has 5 nitrogen and oxygen atoms in total. The van der Waals surface area contributed by atoms with Crippen molar-refractivity contribution in [2.45, 2.75) is 52.6 Å². The van der Waals surface area contributed by atoms with Gasteiger partial charge < -0.3 is 19.7 Å². The Morgan fingerprint density at radius 3 is 2.46 bits per heavy atom. The first-order chi connectivity index (χ1) is 12.6. The summed E-state index contributed by atoms with van der Waals surface area (Å²) in [6.45, 7) is 13.5. The van der Waals surface area contributed by atoms with Crippen molar-refractivity contribution in [3.63, 3.8) is 0 Å². The average molecular weight is 362 g/mol. The van der Waals surface area contributed by atoms with E-state index in [9.17, 15) is 0 Å². The summed E-state index contributed by atoms with van der Waals surface area (Å²) in [6, 6.07) is 8.36. The van der Waals surface area contributed by atoms with Gasteiger partial charge in [-0.25, -0.2) is 4.99 Å². The number of nitrogens with one attached hydrogen (secondary N) is 1. The van der Waals surface area contributed by atoms with Crippen molar-refractivity contribution in [1.82, 2.24) is 10.2 Å². The van der Waals surface area contributed by atoms with Gasteiger partial charge in [-0.1, -0.05) is 26.0 Å². The van der Waals surface area contributed by atoms with Gasteiger partial charge in [-0.05, 0) is 50.3 Å². The fourth-order valence-electron chi connectivity index (χ4n) is 3.16. The monoisotopic (exact) mass is 361 g/mol. The molecule has 0 aliphatic carbocycles. The molecule has 0 aromatic heterocycles. The first-order valence-electron chi connectivity index (χ1n) is 10.0. The molecule has 1 aromatic carbocycles. The van der Waals surface area contributed by atoms with E-state index in [0.717, 1.165) is 50.8 Å². The van der Waals surface area contributed by atoms with E-state index in [1.54, 1.807) is 0 Å². The molecular formula is C21H35N3O2. The highest BCUT2D eigenvalue weighted by Gasteiger charge is 2.21. The van der Waals surface area contributed by atoms with E-state index in [0.29, 0.717) is 25.2 Å². The molecule has 1 aliphatic rings. The zero-order valence-electron chi connectivity index (χ0n) is 16.8. The molecule has 0 saturated carbocycles. The molecule has 1 aliphatic heterocycles. The summed E-state index contributed by atoms with van der Waals surface area (Å²) < 4.78 is 11.6. The smallest absolute Gasteiger partial charge is 0.194 e. The van der Waals surface area contributed by atoms with Crippen LogP contribution in [0.25, 0.3) is 0 Å². The van der Waals surface area contributed by atoms with Gasteiger partial charge in [0.2, 0.25) is 0 Å². The molecule has 0 amide bonds. The molecule has 0 unspecified atom stereocenters. The van der Waals surface area contributed by atoms with Crippen LogP contribution in [-0.4, -0.2) is 56.4 Å². The number of piperidine rings is 1. The lowest BCUT2D eigenvalue weighted by atomic mass is 10.0. The van der Waals surface area contributed by atoms with Gasteiger partial charge in [-0.2, -0.15) is 0 Å². The number of benzene rings is 1. The molecule has 0 spiro atoms. The minimum atomic E-state index is 0.399. The van der Waals surface area contributed by atoms with Crippen LogP contribution in [0.5, 0.6) is 5.75 Å². The van der Waals surface area contributed by atoms with Crippen LogP contribution in [0, 0.1) is 0 Å². The number of nitrogens with zero attached hydrogens (tertiary/aromatic N) is 2. The van der Waals surface area contributed by atoms with Crippen molar-refractivity contribution >= 4 is 5.96 Å². The Morgan fingerprint density at radius 2 is 1.88 bits per heavy atom. The lowest BCUT2D eigenvalue weighted by Gasteiger charge is -2.34. The summed E-state index contributed by atoms with van der Waals surface area (Å²) in [7, 11) is 0. The number of rotatable bonds is 8. The fraction of sp³-hybridized carbons (Fsp3) is 0.667. The minimum absolute atomic E-state index is 0.399. The summed E-state index contributed by atoms with van der Waals surface area (Å²) >= 11 is 0. The lowest BCUT2D eigenvalue weighted by molar-refractivity contribution is 0.0263. The molecule has 1 fully saturated rings. The van der Waals surface area contributed by atoms with Gasteiger partial charge in [0.25, 0.3) is 0 Å². The Kier molecular flexibility index (Phi) is 8.75. The fourth-order valence-corrected chi connectivity index (χ4v) is 3.16. The van der Waals surface area contributed by atoms with E-state index in [1.807, 2.05) is 12.1 Å². The summed E-state index contributed by atoms with van der Waals surface area (Å²) in [5.74, 6) is 2.44. The van der Waals surface area contributed by atoms with Crippen molar-refractivity contribution in [1.29, 1.82) is 0 Å².